The summed E-state index contributed by atoms with van der Waals surface area (Å²) in [6.07, 6.45) is 0.381. The molecule has 0 amide bonds. The van der Waals surface area contributed by atoms with Crippen molar-refractivity contribution in [1.29, 1.82) is 0 Å². The van der Waals surface area contributed by atoms with Gasteiger partial charge in [0.1, 0.15) is 31.2 Å². The number of ether oxygens (including phenoxy) is 2. The third-order valence-corrected chi connectivity index (χ3v) is 6.58. The van der Waals surface area contributed by atoms with Crippen LogP contribution >= 0.6 is 11.3 Å². The monoisotopic (exact) mass is 505 g/mol. The molecule has 0 fully saturated rings. The molecule has 9 heteroatoms. The van der Waals surface area contributed by atoms with E-state index in [1.807, 2.05) is 72.8 Å². The molecule has 0 radical (unpaired) electrons. The van der Waals surface area contributed by atoms with E-state index in [1.54, 1.807) is 4.57 Å². The summed E-state index contributed by atoms with van der Waals surface area (Å²) in [6, 6.07) is 22.2. The molecule has 0 aliphatic carbocycles. The highest BCUT2D eigenvalue weighted by molar-refractivity contribution is 7.16. The van der Waals surface area contributed by atoms with Gasteiger partial charge in [-0.2, -0.15) is 0 Å². The minimum Gasteiger partial charge on any atom is -0.492 e. The van der Waals surface area contributed by atoms with Gasteiger partial charge in [0, 0.05) is 11.1 Å². The van der Waals surface area contributed by atoms with Crippen LogP contribution < -0.4 is 15.3 Å². The normalized spacial score (nSPS) is 12.4. The average molecular weight is 506 g/mol. The number of thiazole rings is 1. The average Bonchev–Trinajstić information content (AvgIpc) is 3.22. The Labute approximate surface area is 212 Å². The van der Waals surface area contributed by atoms with Crippen LogP contribution in [-0.4, -0.2) is 43.1 Å². The van der Waals surface area contributed by atoms with Crippen molar-refractivity contribution >= 4 is 33.2 Å². The van der Waals surface area contributed by atoms with Crippen molar-refractivity contribution in [1.82, 2.24) is 4.57 Å². The molecular formula is C27H27N3O5S. The van der Waals surface area contributed by atoms with Crippen molar-refractivity contribution in [3.63, 3.8) is 0 Å². The highest BCUT2D eigenvalue weighted by Crippen LogP contribution is 2.22. The third-order valence-electron chi connectivity index (χ3n) is 5.64. The first-order valence-corrected chi connectivity index (χ1v) is 12.2. The fourth-order valence-corrected chi connectivity index (χ4v) is 4.81. The SMILES string of the molecule is CO/N=C(\c1ccccc1)c1ccc2c(c1)sc(=O)n2CCOc1ccc(CC(N)C(=O)OC)cc1. The van der Waals surface area contributed by atoms with Gasteiger partial charge in [-0.1, -0.05) is 65.0 Å². The molecule has 0 spiro atoms. The van der Waals surface area contributed by atoms with Gasteiger partial charge in [0.15, 0.2) is 0 Å². The number of methoxy groups -OCH3 is 1. The van der Waals surface area contributed by atoms with Crippen LogP contribution in [0.25, 0.3) is 10.2 Å². The lowest BCUT2D eigenvalue weighted by molar-refractivity contribution is -0.142. The Morgan fingerprint density at radius 2 is 1.78 bits per heavy atom. The highest BCUT2D eigenvalue weighted by atomic mass is 32.1. The van der Waals surface area contributed by atoms with E-state index >= 15 is 0 Å². The molecule has 1 heterocycles. The second-order valence-electron chi connectivity index (χ2n) is 8.02. The first kappa shape index (κ1) is 25.2. The lowest BCUT2D eigenvalue weighted by atomic mass is 10.0. The summed E-state index contributed by atoms with van der Waals surface area (Å²) in [6.45, 7) is 0.736. The van der Waals surface area contributed by atoms with Crippen LogP contribution in [-0.2, 0) is 27.3 Å². The smallest absolute Gasteiger partial charge is 0.322 e. The number of esters is 1. The van der Waals surface area contributed by atoms with Crippen LogP contribution in [0.2, 0.25) is 0 Å². The zero-order valence-electron chi connectivity index (χ0n) is 20.0. The number of benzene rings is 3. The van der Waals surface area contributed by atoms with Crippen LogP contribution in [0.5, 0.6) is 5.75 Å². The second kappa shape index (κ2) is 11.7. The lowest BCUT2D eigenvalue weighted by Crippen LogP contribution is -2.33. The zero-order chi connectivity index (χ0) is 25.5. The van der Waals surface area contributed by atoms with Crippen molar-refractivity contribution in [2.75, 3.05) is 20.8 Å². The molecular weight excluding hydrogens is 478 g/mol. The highest BCUT2D eigenvalue weighted by Gasteiger charge is 2.15. The predicted molar refractivity (Wildman–Crippen MR) is 141 cm³/mol. The van der Waals surface area contributed by atoms with Gasteiger partial charge >= 0.3 is 10.8 Å². The van der Waals surface area contributed by atoms with E-state index in [2.05, 4.69) is 9.89 Å². The summed E-state index contributed by atoms with van der Waals surface area (Å²) in [5.74, 6) is 0.224. The number of carbonyl (C=O) groups is 1. The Balaban J connectivity index is 1.44. The summed E-state index contributed by atoms with van der Waals surface area (Å²) in [5.41, 5.74) is 10.1. The molecule has 0 aliphatic heterocycles. The van der Waals surface area contributed by atoms with E-state index < -0.39 is 12.0 Å². The largest absolute Gasteiger partial charge is 0.492 e. The minimum atomic E-state index is -0.703. The lowest BCUT2D eigenvalue weighted by Gasteiger charge is -2.11. The fourth-order valence-electron chi connectivity index (χ4n) is 3.85. The minimum absolute atomic E-state index is 0.0529. The molecule has 4 aromatic rings. The van der Waals surface area contributed by atoms with Gasteiger partial charge in [-0.15, -0.1) is 0 Å². The van der Waals surface area contributed by atoms with Crippen molar-refractivity contribution in [3.8, 4) is 5.75 Å². The van der Waals surface area contributed by atoms with Gasteiger partial charge in [0.25, 0.3) is 0 Å². The number of hydrogen-bond acceptors (Lipinski definition) is 8. The molecule has 1 atom stereocenters. The molecule has 0 saturated carbocycles. The number of fused-ring (bicyclic) bond motifs is 1. The molecule has 3 aromatic carbocycles. The van der Waals surface area contributed by atoms with Gasteiger partial charge in [-0.25, -0.2) is 0 Å². The van der Waals surface area contributed by atoms with Crippen molar-refractivity contribution in [3.05, 3.63) is 99.2 Å². The van der Waals surface area contributed by atoms with E-state index in [-0.39, 0.29) is 4.87 Å². The Morgan fingerprint density at radius 1 is 1.03 bits per heavy atom. The van der Waals surface area contributed by atoms with Gasteiger partial charge in [0.05, 0.1) is 23.9 Å². The third kappa shape index (κ3) is 5.81. The summed E-state index contributed by atoms with van der Waals surface area (Å²) in [4.78, 5) is 29.2. The van der Waals surface area contributed by atoms with Crippen molar-refractivity contribution in [2.45, 2.75) is 19.0 Å². The van der Waals surface area contributed by atoms with Gasteiger partial charge in [-0.05, 0) is 36.2 Å². The quantitative estimate of drug-likeness (QED) is 0.201. The number of aromatic nitrogens is 1. The number of rotatable bonds is 10. The maximum atomic E-state index is 12.7. The molecule has 0 bridgehead atoms. The summed E-state index contributed by atoms with van der Waals surface area (Å²) in [5, 5.41) is 4.21. The number of hydrogen-bond donors (Lipinski definition) is 1. The van der Waals surface area contributed by atoms with Gasteiger partial charge in [0.2, 0.25) is 0 Å². The first-order valence-electron chi connectivity index (χ1n) is 11.4. The van der Waals surface area contributed by atoms with Crippen LogP contribution in [0, 0.1) is 0 Å². The Morgan fingerprint density at radius 3 is 2.47 bits per heavy atom. The molecule has 2 N–H and O–H groups in total. The number of carbonyl (C=O) groups excluding carboxylic acids is 1. The molecule has 1 aromatic heterocycles. The number of oxime groups is 1. The Kier molecular flexibility index (Phi) is 8.14. The molecule has 36 heavy (non-hydrogen) atoms. The molecule has 0 aliphatic rings. The molecule has 4 rings (SSSR count). The van der Waals surface area contributed by atoms with E-state index in [9.17, 15) is 9.59 Å². The summed E-state index contributed by atoms with van der Waals surface area (Å²) in [7, 11) is 2.83. The van der Waals surface area contributed by atoms with Gasteiger partial charge < -0.3 is 20.0 Å². The summed E-state index contributed by atoms with van der Waals surface area (Å²) < 4.78 is 13.1. The van der Waals surface area contributed by atoms with E-state index in [1.165, 1.54) is 25.6 Å². The molecule has 0 saturated heterocycles. The molecule has 8 nitrogen and oxygen atoms in total. The first-order chi connectivity index (χ1) is 17.5. The Bertz CT molecular complexity index is 1410. The van der Waals surface area contributed by atoms with Crippen LogP contribution in [0.15, 0.2) is 82.7 Å². The zero-order valence-corrected chi connectivity index (χ0v) is 20.9. The van der Waals surface area contributed by atoms with Crippen LogP contribution in [0.3, 0.4) is 0 Å². The summed E-state index contributed by atoms with van der Waals surface area (Å²) >= 11 is 1.19. The van der Waals surface area contributed by atoms with Crippen LogP contribution in [0.1, 0.15) is 16.7 Å². The maximum Gasteiger partial charge on any atom is 0.322 e. The van der Waals surface area contributed by atoms with E-state index in [0.717, 1.165) is 26.9 Å². The van der Waals surface area contributed by atoms with Crippen molar-refractivity contribution < 1.29 is 19.1 Å². The fraction of sp³-hybridized carbons (Fsp3) is 0.222. The number of nitrogens with zero attached hydrogens (tertiary/aromatic N) is 2. The molecule has 1 unspecified atom stereocenters. The second-order valence-corrected chi connectivity index (χ2v) is 9.01. The number of nitrogens with two attached hydrogens (primary N) is 1. The van der Waals surface area contributed by atoms with E-state index in [0.29, 0.717) is 31.0 Å². The maximum absolute atomic E-state index is 12.7. The standard InChI is InChI=1S/C27H27N3O5S/c1-33-26(31)22(28)16-18-8-11-21(12-9-18)35-15-14-30-23-13-10-20(17-24(23)36-27(30)32)25(29-34-2)19-6-4-3-5-7-19/h3-13,17,22H,14-16,28H2,1-2H3/b29-25+. The Hall–Kier alpha value is -3.95. The van der Waals surface area contributed by atoms with Crippen molar-refractivity contribution in [2.24, 2.45) is 10.9 Å². The molecule has 186 valence electrons. The van der Waals surface area contributed by atoms with Crippen LogP contribution in [0.4, 0.5) is 0 Å². The topological polar surface area (TPSA) is 105 Å². The van der Waals surface area contributed by atoms with Gasteiger partial charge in [-0.3, -0.25) is 14.2 Å². The predicted octanol–water partition coefficient (Wildman–Crippen LogP) is 3.58. The van der Waals surface area contributed by atoms with E-state index in [4.69, 9.17) is 15.3 Å².